The van der Waals surface area contributed by atoms with E-state index in [1.54, 1.807) is 0 Å². The molecule has 2 N–H and O–H groups in total. The fourth-order valence-electron chi connectivity index (χ4n) is 2.40. The minimum atomic E-state index is -0.561. The molecule has 1 heterocycles. The molecule has 0 bridgehead atoms. The van der Waals surface area contributed by atoms with Crippen LogP contribution in [-0.2, 0) is 4.79 Å². The van der Waals surface area contributed by atoms with Gasteiger partial charge in [-0.25, -0.2) is 0 Å². The smallest absolute Gasteiger partial charge is 0.228 e. The summed E-state index contributed by atoms with van der Waals surface area (Å²) in [4.78, 5) is 13.2. The van der Waals surface area contributed by atoms with Crippen LogP contribution in [-0.4, -0.2) is 22.7 Å². The van der Waals surface area contributed by atoms with E-state index in [0.29, 0.717) is 4.34 Å². The summed E-state index contributed by atoms with van der Waals surface area (Å²) in [5.74, 6) is -0.120. The molecule has 19 heavy (non-hydrogen) atoms. The van der Waals surface area contributed by atoms with Crippen LogP contribution in [0.2, 0.25) is 4.34 Å². The van der Waals surface area contributed by atoms with Crippen molar-refractivity contribution >= 4 is 28.8 Å². The largest absolute Gasteiger partial charge is 0.390 e. The van der Waals surface area contributed by atoms with Gasteiger partial charge in [0.25, 0.3) is 0 Å². The van der Waals surface area contributed by atoms with Crippen molar-refractivity contribution < 1.29 is 9.90 Å². The molecule has 1 aromatic rings. The summed E-state index contributed by atoms with van der Waals surface area (Å²) in [5, 5.41) is 13.0. The number of hydrogen-bond acceptors (Lipinski definition) is 3. The number of thiophene rings is 1. The summed E-state index contributed by atoms with van der Waals surface area (Å²) in [6, 6.07) is 3.91. The second-order valence-corrected chi connectivity index (χ2v) is 7.39. The van der Waals surface area contributed by atoms with Crippen molar-refractivity contribution in [3.63, 3.8) is 0 Å². The molecule has 0 aliphatic heterocycles. The number of hydrogen-bond donors (Lipinski definition) is 2. The highest BCUT2D eigenvalue weighted by atomic mass is 35.5. The third kappa shape index (κ3) is 3.94. The lowest BCUT2D eigenvalue weighted by Gasteiger charge is -2.33. The van der Waals surface area contributed by atoms with Crippen LogP contribution in [0, 0.1) is 0 Å². The third-order valence-electron chi connectivity index (χ3n) is 3.82. The SMILES string of the molecule is CC(C(=O)NC1CCC(C)(O)CC1)c1ccc(Cl)s1. The molecule has 106 valence electrons. The highest BCUT2D eigenvalue weighted by molar-refractivity contribution is 7.16. The van der Waals surface area contributed by atoms with Gasteiger partial charge in [-0.1, -0.05) is 11.6 Å². The van der Waals surface area contributed by atoms with Gasteiger partial charge in [0.15, 0.2) is 0 Å². The lowest BCUT2D eigenvalue weighted by atomic mass is 9.83. The van der Waals surface area contributed by atoms with Gasteiger partial charge in [0, 0.05) is 10.9 Å². The minimum absolute atomic E-state index is 0.0464. The quantitative estimate of drug-likeness (QED) is 0.900. The van der Waals surface area contributed by atoms with Crippen LogP contribution in [0.1, 0.15) is 50.3 Å². The molecule has 1 amide bonds. The fraction of sp³-hybridized carbons (Fsp3) is 0.643. The number of halogens is 1. The number of carbonyl (C=O) groups excluding carboxylic acids is 1. The maximum absolute atomic E-state index is 12.2. The molecule has 1 unspecified atom stereocenters. The van der Waals surface area contributed by atoms with Gasteiger partial charge in [-0.2, -0.15) is 0 Å². The average Bonchev–Trinajstić information content (AvgIpc) is 2.77. The van der Waals surface area contributed by atoms with Crippen LogP contribution in [0.3, 0.4) is 0 Å². The fourth-order valence-corrected chi connectivity index (χ4v) is 3.51. The van der Waals surface area contributed by atoms with Gasteiger partial charge < -0.3 is 10.4 Å². The Hall–Kier alpha value is -0.580. The van der Waals surface area contributed by atoms with Gasteiger partial charge in [-0.3, -0.25) is 4.79 Å². The van der Waals surface area contributed by atoms with Crippen LogP contribution in [0.4, 0.5) is 0 Å². The van der Waals surface area contributed by atoms with Crippen molar-refractivity contribution in [3.8, 4) is 0 Å². The lowest BCUT2D eigenvalue weighted by molar-refractivity contribution is -0.123. The molecule has 0 saturated heterocycles. The van der Waals surface area contributed by atoms with E-state index in [1.807, 2.05) is 26.0 Å². The maximum atomic E-state index is 12.2. The van der Waals surface area contributed by atoms with Crippen molar-refractivity contribution in [1.82, 2.24) is 5.32 Å². The van der Waals surface area contributed by atoms with Crippen LogP contribution in [0.5, 0.6) is 0 Å². The van der Waals surface area contributed by atoms with Crippen molar-refractivity contribution in [2.75, 3.05) is 0 Å². The standard InChI is InChI=1S/C14H20ClNO2S/c1-9(11-3-4-12(15)19-11)13(17)16-10-5-7-14(2,18)8-6-10/h3-4,9-10,18H,5-8H2,1-2H3,(H,16,17). The second-order valence-electron chi connectivity index (χ2n) is 5.64. The lowest BCUT2D eigenvalue weighted by Crippen LogP contribution is -2.43. The van der Waals surface area contributed by atoms with Crippen molar-refractivity contribution in [1.29, 1.82) is 0 Å². The first-order chi connectivity index (χ1) is 8.87. The summed E-state index contributed by atoms with van der Waals surface area (Å²) in [6.07, 6.45) is 3.18. The Kier molecular flexibility index (Phi) is 4.54. The second kappa shape index (κ2) is 5.81. The Balaban J connectivity index is 1.88. The summed E-state index contributed by atoms with van der Waals surface area (Å²) < 4.78 is 0.711. The zero-order chi connectivity index (χ0) is 14.0. The third-order valence-corrected chi connectivity index (χ3v) is 5.24. The molecule has 0 aromatic carbocycles. The average molecular weight is 302 g/mol. The topological polar surface area (TPSA) is 49.3 Å². The van der Waals surface area contributed by atoms with E-state index in [1.165, 1.54) is 11.3 Å². The molecule has 1 atom stereocenters. The first kappa shape index (κ1) is 14.8. The molecular weight excluding hydrogens is 282 g/mol. The molecule has 1 aliphatic carbocycles. The normalized spacial score (nSPS) is 28.9. The molecule has 1 fully saturated rings. The van der Waals surface area contributed by atoms with E-state index in [9.17, 15) is 9.90 Å². The monoisotopic (exact) mass is 301 g/mol. The predicted molar refractivity (Wildman–Crippen MR) is 78.8 cm³/mol. The van der Waals surface area contributed by atoms with E-state index in [4.69, 9.17) is 11.6 Å². The van der Waals surface area contributed by atoms with E-state index in [2.05, 4.69) is 5.32 Å². The Morgan fingerprint density at radius 2 is 2.16 bits per heavy atom. The van der Waals surface area contributed by atoms with Crippen molar-refractivity contribution in [2.24, 2.45) is 0 Å². The number of carbonyl (C=O) groups is 1. The zero-order valence-corrected chi connectivity index (χ0v) is 12.9. The molecule has 0 radical (unpaired) electrons. The molecule has 3 nitrogen and oxygen atoms in total. The molecule has 1 aromatic heterocycles. The van der Waals surface area contributed by atoms with Crippen molar-refractivity contribution in [3.05, 3.63) is 21.3 Å². The Bertz CT molecular complexity index is 448. The molecule has 0 spiro atoms. The van der Waals surface area contributed by atoms with E-state index >= 15 is 0 Å². The summed E-state index contributed by atoms with van der Waals surface area (Å²) in [7, 11) is 0. The summed E-state index contributed by atoms with van der Waals surface area (Å²) >= 11 is 7.34. The first-order valence-electron chi connectivity index (χ1n) is 6.65. The number of nitrogens with one attached hydrogen (secondary N) is 1. The van der Waals surface area contributed by atoms with E-state index in [0.717, 1.165) is 30.6 Å². The first-order valence-corrected chi connectivity index (χ1v) is 7.85. The van der Waals surface area contributed by atoms with Gasteiger partial charge in [-0.05, 0) is 51.7 Å². The van der Waals surface area contributed by atoms with E-state index in [-0.39, 0.29) is 17.9 Å². The van der Waals surface area contributed by atoms with Crippen LogP contribution < -0.4 is 5.32 Å². The number of amides is 1. The van der Waals surface area contributed by atoms with Crippen LogP contribution in [0.25, 0.3) is 0 Å². The van der Waals surface area contributed by atoms with Crippen LogP contribution in [0.15, 0.2) is 12.1 Å². The number of aliphatic hydroxyl groups is 1. The Labute approximate surface area is 123 Å². The predicted octanol–water partition coefficient (Wildman–Crippen LogP) is 3.31. The number of rotatable bonds is 3. The molecular formula is C14H20ClNO2S. The Morgan fingerprint density at radius 1 is 1.53 bits per heavy atom. The zero-order valence-electron chi connectivity index (χ0n) is 11.3. The van der Waals surface area contributed by atoms with Gasteiger partial charge in [0.1, 0.15) is 0 Å². The summed E-state index contributed by atoms with van der Waals surface area (Å²) in [6.45, 7) is 3.76. The molecule has 1 saturated carbocycles. The van der Waals surface area contributed by atoms with Gasteiger partial charge in [0.2, 0.25) is 5.91 Å². The Morgan fingerprint density at radius 3 is 2.68 bits per heavy atom. The van der Waals surface area contributed by atoms with Crippen LogP contribution >= 0.6 is 22.9 Å². The highest BCUT2D eigenvalue weighted by Crippen LogP contribution is 2.30. The molecule has 2 rings (SSSR count). The summed E-state index contributed by atoms with van der Waals surface area (Å²) in [5.41, 5.74) is -0.561. The van der Waals surface area contributed by atoms with Gasteiger partial charge >= 0.3 is 0 Å². The van der Waals surface area contributed by atoms with Gasteiger partial charge in [-0.15, -0.1) is 11.3 Å². The van der Waals surface area contributed by atoms with Crippen molar-refractivity contribution in [2.45, 2.75) is 57.1 Å². The highest BCUT2D eigenvalue weighted by Gasteiger charge is 2.30. The minimum Gasteiger partial charge on any atom is -0.390 e. The maximum Gasteiger partial charge on any atom is 0.228 e. The van der Waals surface area contributed by atoms with Gasteiger partial charge in [0.05, 0.1) is 15.9 Å². The molecule has 1 aliphatic rings. The molecule has 5 heteroatoms. The van der Waals surface area contributed by atoms with E-state index < -0.39 is 5.60 Å².